The molecule has 26 heavy (non-hydrogen) atoms. The van der Waals surface area contributed by atoms with Gasteiger partial charge in [0.05, 0.1) is 13.2 Å². The van der Waals surface area contributed by atoms with Crippen molar-refractivity contribution in [2.45, 2.75) is 45.3 Å². The summed E-state index contributed by atoms with van der Waals surface area (Å²) >= 11 is 0. The lowest BCUT2D eigenvalue weighted by molar-refractivity contribution is -0.133. The van der Waals surface area contributed by atoms with Crippen molar-refractivity contribution in [3.63, 3.8) is 0 Å². The average molecular weight is 363 g/mol. The summed E-state index contributed by atoms with van der Waals surface area (Å²) in [6.07, 6.45) is 4.55. The average Bonchev–Trinajstić information content (AvgIpc) is 3.27. The molecule has 2 aromatic heterocycles. The van der Waals surface area contributed by atoms with E-state index in [2.05, 4.69) is 15.2 Å². The molecule has 0 unspecified atom stereocenters. The summed E-state index contributed by atoms with van der Waals surface area (Å²) in [5.41, 5.74) is -0.0933. The van der Waals surface area contributed by atoms with Crippen molar-refractivity contribution in [1.29, 1.82) is 0 Å². The van der Waals surface area contributed by atoms with E-state index >= 15 is 0 Å². The lowest BCUT2D eigenvalue weighted by Gasteiger charge is -2.31. The highest BCUT2D eigenvalue weighted by Gasteiger charge is 2.28. The van der Waals surface area contributed by atoms with Crippen LogP contribution >= 0.6 is 0 Å². The first-order valence-electron chi connectivity index (χ1n) is 8.90. The summed E-state index contributed by atoms with van der Waals surface area (Å²) in [7, 11) is 1.61. The fourth-order valence-electron chi connectivity index (χ4n) is 3.32. The van der Waals surface area contributed by atoms with Gasteiger partial charge in [-0.3, -0.25) is 9.36 Å². The summed E-state index contributed by atoms with van der Waals surface area (Å²) in [5.74, 6) is 1.03. The molecule has 0 saturated carbocycles. The molecule has 0 radical (unpaired) electrons. The first-order chi connectivity index (χ1) is 12.6. The number of piperidine rings is 1. The van der Waals surface area contributed by atoms with Crippen molar-refractivity contribution in [1.82, 2.24) is 34.0 Å². The Hall–Kier alpha value is -2.49. The standard InChI is InChI=1S/C16H25N7O3/c1-3-22-15(19-23(16(22)25)8-9-26-2)13-4-6-20(7-5-13)14(24)10-21-12-17-11-18-21/h11-13H,3-10H2,1-2H3. The molecular weight excluding hydrogens is 338 g/mol. The molecule has 0 N–H and O–H groups in total. The second-order valence-corrected chi connectivity index (χ2v) is 6.35. The van der Waals surface area contributed by atoms with E-state index in [0.29, 0.717) is 32.8 Å². The van der Waals surface area contributed by atoms with Crippen molar-refractivity contribution in [3.05, 3.63) is 29.0 Å². The van der Waals surface area contributed by atoms with Crippen LogP contribution in [0.1, 0.15) is 31.5 Å². The van der Waals surface area contributed by atoms with Gasteiger partial charge in [0.25, 0.3) is 0 Å². The Labute approximate surface area is 151 Å². The van der Waals surface area contributed by atoms with Crippen LogP contribution in [0.2, 0.25) is 0 Å². The molecule has 1 saturated heterocycles. The van der Waals surface area contributed by atoms with Gasteiger partial charge >= 0.3 is 5.69 Å². The quantitative estimate of drug-likeness (QED) is 0.670. The van der Waals surface area contributed by atoms with E-state index in [0.717, 1.165) is 18.7 Å². The molecule has 1 fully saturated rings. The van der Waals surface area contributed by atoms with Gasteiger partial charge in [-0.05, 0) is 19.8 Å². The first kappa shape index (κ1) is 18.3. The molecule has 0 aliphatic carbocycles. The van der Waals surface area contributed by atoms with Gasteiger partial charge in [-0.15, -0.1) is 0 Å². The van der Waals surface area contributed by atoms with Crippen LogP contribution in [0, 0.1) is 0 Å². The molecule has 10 heteroatoms. The van der Waals surface area contributed by atoms with Gasteiger partial charge in [0.2, 0.25) is 5.91 Å². The largest absolute Gasteiger partial charge is 0.383 e. The van der Waals surface area contributed by atoms with E-state index in [1.54, 1.807) is 11.7 Å². The maximum absolute atomic E-state index is 12.4. The third kappa shape index (κ3) is 3.85. The van der Waals surface area contributed by atoms with Crippen LogP contribution in [-0.2, 0) is 29.2 Å². The zero-order chi connectivity index (χ0) is 18.5. The third-order valence-corrected chi connectivity index (χ3v) is 4.75. The van der Waals surface area contributed by atoms with Crippen molar-refractivity contribution in [2.24, 2.45) is 0 Å². The molecule has 3 rings (SSSR count). The minimum Gasteiger partial charge on any atom is -0.383 e. The molecule has 2 aromatic rings. The number of aromatic nitrogens is 6. The van der Waals surface area contributed by atoms with Gasteiger partial charge in [0.15, 0.2) is 0 Å². The Morgan fingerprint density at radius 1 is 1.35 bits per heavy atom. The number of nitrogens with zero attached hydrogens (tertiary/aromatic N) is 7. The number of carbonyl (C=O) groups is 1. The summed E-state index contributed by atoms with van der Waals surface area (Å²) in [4.78, 5) is 30.5. The highest BCUT2D eigenvalue weighted by atomic mass is 16.5. The van der Waals surface area contributed by atoms with Crippen molar-refractivity contribution >= 4 is 5.91 Å². The van der Waals surface area contributed by atoms with Crippen LogP contribution in [0.3, 0.4) is 0 Å². The van der Waals surface area contributed by atoms with E-state index in [1.807, 2.05) is 11.8 Å². The number of hydrogen-bond donors (Lipinski definition) is 0. The molecule has 3 heterocycles. The normalized spacial score (nSPS) is 15.5. The zero-order valence-corrected chi connectivity index (χ0v) is 15.2. The molecule has 0 spiro atoms. The number of methoxy groups -OCH3 is 1. The van der Waals surface area contributed by atoms with Crippen molar-refractivity contribution in [3.8, 4) is 0 Å². The molecule has 1 amide bonds. The van der Waals surface area contributed by atoms with E-state index < -0.39 is 0 Å². The van der Waals surface area contributed by atoms with E-state index in [1.165, 1.54) is 22.0 Å². The summed E-state index contributed by atoms with van der Waals surface area (Å²) in [6, 6.07) is 0. The Morgan fingerprint density at radius 3 is 2.73 bits per heavy atom. The maximum atomic E-state index is 12.4. The van der Waals surface area contributed by atoms with Crippen LogP contribution in [0.5, 0.6) is 0 Å². The number of likely N-dealkylation sites (tertiary alicyclic amines) is 1. The van der Waals surface area contributed by atoms with Gasteiger partial charge in [0, 0.05) is 32.7 Å². The van der Waals surface area contributed by atoms with Crippen LogP contribution < -0.4 is 5.69 Å². The Morgan fingerprint density at radius 2 is 2.12 bits per heavy atom. The van der Waals surface area contributed by atoms with Crippen LogP contribution in [-0.4, -0.2) is 66.7 Å². The first-order valence-corrected chi connectivity index (χ1v) is 8.90. The second kappa shape index (κ2) is 8.26. The predicted octanol–water partition coefficient (Wildman–Crippen LogP) is -0.291. The smallest absolute Gasteiger partial charge is 0.345 e. The highest BCUT2D eigenvalue weighted by Crippen LogP contribution is 2.26. The van der Waals surface area contributed by atoms with E-state index in [-0.39, 0.29) is 24.1 Å². The molecule has 142 valence electrons. The van der Waals surface area contributed by atoms with E-state index in [4.69, 9.17) is 4.74 Å². The van der Waals surface area contributed by atoms with E-state index in [9.17, 15) is 9.59 Å². The minimum atomic E-state index is -0.0933. The Balaban J connectivity index is 1.64. The number of ether oxygens (including phenoxy) is 1. The highest BCUT2D eigenvalue weighted by molar-refractivity contribution is 5.75. The summed E-state index contributed by atoms with van der Waals surface area (Å²) in [5, 5.41) is 8.50. The van der Waals surface area contributed by atoms with Crippen LogP contribution in [0.4, 0.5) is 0 Å². The number of hydrogen-bond acceptors (Lipinski definition) is 6. The molecule has 1 aliphatic rings. The predicted molar refractivity (Wildman–Crippen MR) is 92.6 cm³/mol. The SMILES string of the molecule is CCn1c(C2CCN(C(=O)Cn3cncn3)CC2)nn(CCOC)c1=O. The monoisotopic (exact) mass is 363 g/mol. The lowest BCUT2D eigenvalue weighted by Crippen LogP contribution is -2.40. The molecule has 0 aromatic carbocycles. The fraction of sp³-hybridized carbons (Fsp3) is 0.688. The maximum Gasteiger partial charge on any atom is 0.345 e. The number of carbonyl (C=O) groups excluding carboxylic acids is 1. The Bertz CT molecular complexity index is 772. The number of amides is 1. The van der Waals surface area contributed by atoms with Crippen molar-refractivity contribution in [2.75, 3.05) is 26.8 Å². The van der Waals surface area contributed by atoms with Gasteiger partial charge in [-0.2, -0.15) is 10.2 Å². The van der Waals surface area contributed by atoms with Gasteiger partial charge < -0.3 is 9.64 Å². The topological polar surface area (TPSA) is 100 Å². The van der Waals surface area contributed by atoms with Crippen molar-refractivity contribution < 1.29 is 9.53 Å². The van der Waals surface area contributed by atoms with Gasteiger partial charge in [-0.25, -0.2) is 19.1 Å². The summed E-state index contributed by atoms with van der Waals surface area (Å²) in [6.45, 7) is 4.95. The fourth-order valence-corrected chi connectivity index (χ4v) is 3.32. The molecule has 10 nitrogen and oxygen atoms in total. The second-order valence-electron chi connectivity index (χ2n) is 6.35. The van der Waals surface area contributed by atoms with Crippen LogP contribution in [0.25, 0.3) is 0 Å². The van der Waals surface area contributed by atoms with Gasteiger partial charge in [-0.1, -0.05) is 0 Å². The molecule has 1 aliphatic heterocycles. The zero-order valence-electron chi connectivity index (χ0n) is 15.2. The minimum absolute atomic E-state index is 0.0347. The third-order valence-electron chi connectivity index (χ3n) is 4.75. The molecule has 0 atom stereocenters. The lowest BCUT2D eigenvalue weighted by atomic mass is 9.96. The van der Waals surface area contributed by atoms with Crippen LogP contribution in [0.15, 0.2) is 17.4 Å². The summed E-state index contributed by atoms with van der Waals surface area (Å²) < 4.78 is 9.78. The Kier molecular flexibility index (Phi) is 5.82. The van der Waals surface area contributed by atoms with Gasteiger partial charge in [0.1, 0.15) is 25.0 Å². The number of rotatable bonds is 7. The molecule has 0 bridgehead atoms. The molecular formula is C16H25N7O3.